The maximum Gasteiger partial charge on any atom is 0.279 e. The highest BCUT2D eigenvalue weighted by molar-refractivity contribution is 5.95. The average molecular weight is 387 g/mol. The topological polar surface area (TPSA) is 70.7 Å². The van der Waals surface area contributed by atoms with E-state index in [0.717, 1.165) is 25.2 Å². The SMILES string of the molecule is CCN(CC)Cc1ccc(C(=O)NNC(=O)[C@@H](C)Oc2ccccc2F)cc1. The summed E-state index contributed by atoms with van der Waals surface area (Å²) in [5, 5.41) is 0. The van der Waals surface area contributed by atoms with Crippen LogP contribution in [-0.4, -0.2) is 35.9 Å². The van der Waals surface area contributed by atoms with E-state index in [1.54, 1.807) is 18.2 Å². The number of nitrogens with zero attached hydrogens (tertiary/aromatic N) is 1. The summed E-state index contributed by atoms with van der Waals surface area (Å²) in [5.41, 5.74) is 6.16. The van der Waals surface area contributed by atoms with E-state index in [2.05, 4.69) is 29.6 Å². The predicted molar refractivity (Wildman–Crippen MR) is 105 cm³/mol. The van der Waals surface area contributed by atoms with E-state index in [1.807, 2.05) is 12.1 Å². The lowest BCUT2D eigenvalue weighted by Crippen LogP contribution is -2.47. The van der Waals surface area contributed by atoms with Gasteiger partial charge in [-0.25, -0.2) is 4.39 Å². The zero-order valence-corrected chi connectivity index (χ0v) is 16.4. The highest BCUT2D eigenvalue weighted by atomic mass is 19.1. The molecule has 7 heteroatoms. The summed E-state index contributed by atoms with van der Waals surface area (Å²) in [4.78, 5) is 26.5. The summed E-state index contributed by atoms with van der Waals surface area (Å²) in [6.45, 7) is 8.40. The molecule has 0 aromatic heterocycles. The number of carbonyl (C=O) groups is 2. The normalized spacial score (nSPS) is 11.8. The van der Waals surface area contributed by atoms with Gasteiger partial charge < -0.3 is 4.74 Å². The number of hydrazine groups is 1. The standard InChI is InChI=1S/C21H26FN3O3/c1-4-25(5-2)14-16-10-12-17(13-11-16)21(27)24-23-20(26)15(3)28-19-9-7-6-8-18(19)22/h6-13,15H,4-5,14H2,1-3H3,(H,23,26)(H,24,27)/t15-/m1/s1. The van der Waals surface area contributed by atoms with Crippen molar-refractivity contribution in [2.24, 2.45) is 0 Å². The van der Waals surface area contributed by atoms with Gasteiger partial charge in [-0.15, -0.1) is 0 Å². The molecule has 2 aromatic rings. The van der Waals surface area contributed by atoms with Crippen molar-refractivity contribution in [3.8, 4) is 5.75 Å². The molecule has 2 N–H and O–H groups in total. The molecule has 0 unspecified atom stereocenters. The Morgan fingerprint density at radius 2 is 1.68 bits per heavy atom. The molecule has 150 valence electrons. The van der Waals surface area contributed by atoms with Gasteiger partial charge in [0.25, 0.3) is 11.8 Å². The van der Waals surface area contributed by atoms with Gasteiger partial charge in [-0.05, 0) is 49.8 Å². The fraction of sp³-hybridized carbons (Fsp3) is 0.333. The van der Waals surface area contributed by atoms with Gasteiger partial charge >= 0.3 is 0 Å². The zero-order valence-electron chi connectivity index (χ0n) is 16.4. The van der Waals surface area contributed by atoms with E-state index >= 15 is 0 Å². The number of hydrogen-bond donors (Lipinski definition) is 2. The largest absolute Gasteiger partial charge is 0.478 e. The molecule has 6 nitrogen and oxygen atoms in total. The molecule has 2 amide bonds. The number of benzene rings is 2. The summed E-state index contributed by atoms with van der Waals surface area (Å²) in [6, 6.07) is 13.0. The molecule has 28 heavy (non-hydrogen) atoms. The van der Waals surface area contributed by atoms with Gasteiger partial charge in [0.15, 0.2) is 17.7 Å². The van der Waals surface area contributed by atoms with Crippen LogP contribution in [0, 0.1) is 5.82 Å². The van der Waals surface area contributed by atoms with Crippen LogP contribution in [0.25, 0.3) is 0 Å². The Labute approximate surface area is 164 Å². The second-order valence-corrected chi connectivity index (χ2v) is 6.29. The van der Waals surface area contributed by atoms with Gasteiger partial charge in [-0.2, -0.15) is 0 Å². The second kappa shape index (κ2) is 10.4. The Hall–Kier alpha value is -2.93. The Morgan fingerprint density at radius 3 is 2.29 bits per heavy atom. The van der Waals surface area contributed by atoms with Gasteiger partial charge in [0, 0.05) is 12.1 Å². The molecule has 2 aromatic carbocycles. The van der Waals surface area contributed by atoms with E-state index < -0.39 is 23.7 Å². The Morgan fingerprint density at radius 1 is 1.04 bits per heavy atom. The van der Waals surface area contributed by atoms with Crippen molar-refractivity contribution < 1.29 is 18.7 Å². The molecule has 0 aliphatic carbocycles. The van der Waals surface area contributed by atoms with Crippen molar-refractivity contribution in [2.45, 2.75) is 33.4 Å². The Balaban J connectivity index is 1.85. The monoisotopic (exact) mass is 387 g/mol. The van der Waals surface area contributed by atoms with Crippen molar-refractivity contribution in [3.63, 3.8) is 0 Å². The number of nitrogens with one attached hydrogen (secondary N) is 2. The molecule has 0 saturated carbocycles. The van der Waals surface area contributed by atoms with Crippen LogP contribution in [0.5, 0.6) is 5.75 Å². The van der Waals surface area contributed by atoms with Gasteiger partial charge in [-0.3, -0.25) is 25.3 Å². The third-order valence-corrected chi connectivity index (χ3v) is 4.33. The maximum absolute atomic E-state index is 13.6. The lowest BCUT2D eigenvalue weighted by molar-refractivity contribution is -0.128. The molecule has 0 radical (unpaired) electrons. The molecule has 0 aliphatic rings. The van der Waals surface area contributed by atoms with Gasteiger partial charge in [-0.1, -0.05) is 38.1 Å². The molecule has 0 aliphatic heterocycles. The summed E-state index contributed by atoms with van der Waals surface area (Å²) < 4.78 is 18.9. The van der Waals surface area contributed by atoms with Crippen LogP contribution in [0.15, 0.2) is 48.5 Å². The highest BCUT2D eigenvalue weighted by Crippen LogP contribution is 2.16. The highest BCUT2D eigenvalue weighted by Gasteiger charge is 2.17. The molecule has 0 spiro atoms. The number of ether oxygens (including phenoxy) is 1. The second-order valence-electron chi connectivity index (χ2n) is 6.29. The molecular weight excluding hydrogens is 361 g/mol. The minimum atomic E-state index is -0.978. The lowest BCUT2D eigenvalue weighted by Gasteiger charge is -2.18. The first kappa shape index (κ1) is 21.4. The third kappa shape index (κ3) is 6.06. The summed E-state index contributed by atoms with van der Waals surface area (Å²) in [6.07, 6.45) is -0.978. The van der Waals surface area contributed by atoms with E-state index in [1.165, 1.54) is 25.1 Å². The van der Waals surface area contributed by atoms with Crippen LogP contribution >= 0.6 is 0 Å². The van der Waals surface area contributed by atoms with Crippen LogP contribution in [-0.2, 0) is 11.3 Å². The van der Waals surface area contributed by atoms with Crippen LogP contribution < -0.4 is 15.6 Å². The first-order chi connectivity index (χ1) is 13.4. The van der Waals surface area contributed by atoms with Crippen molar-refractivity contribution in [2.75, 3.05) is 13.1 Å². The fourth-order valence-corrected chi connectivity index (χ4v) is 2.54. The maximum atomic E-state index is 13.6. The van der Waals surface area contributed by atoms with Crippen molar-refractivity contribution >= 4 is 11.8 Å². The molecule has 0 bridgehead atoms. The van der Waals surface area contributed by atoms with Crippen molar-refractivity contribution in [3.05, 3.63) is 65.5 Å². The molecule has 0 fully saturated rings. The number of rotatable bonds is 8. The molecule has 1 atom stereocenters. The number of halogens is 1. The fourth-order valence-electron chi connectivity index (χ4n) is 2.54. The smallest absolute Gasteiger partial charge is 0.279 e. The molecule has 0 saturated heterocycles. The van der Waals surface area contributed by atoms with Crippen molar-refractivity contribution in [1.82, 2.24) is 15.8 Å². The molecule has 2 rings (SSSR count). The van der Waals surface area contributed by atoms with Crippen LogP contribution in [0.1, 0.15) is 36.7 Å². The van der Waals surface area contributed by atoms with E-state index in [0.29, 0.717) is 5.56 Å². The van der Waals surface area contributed by atoms with Crippen molar-refractivity contribution in [1.29, 1.82) is 0 Å². The molecule has 0 heterocycles. The summed E-state index contributed by atoms with van der Waals surface area (Å²) in [5.74, 6) is -1.62. The minimum Gasteiger partial charge on any atom is -0.478 e. The number of hydrogen-bond acceptors (Lipinski definition) is 4. The summed E-state index contributed by atoms with van der Waals surface area (Å²) in [7, 11) is 0. The third-order valence-electron chi connectivity index (χ3n) is 4.33. The predicted octanol–water partition coefficient (Wildman–Crippen LogP) is 2.90. The average Bonchev–Trinajstić information content (AvgIpc) is 2.72. The van der Waals surface area contributed by atoms with E-state index in [-0.39, 0.29) is 5.75 Å². The first-order valence-electron chi connectivity index (χ1n) is 9.27. The van der Waals surface area contributed by atoms with Gasteiger partial charge in [0.05, 0.1) is 0 Å². The molecular formula is C21H26FN3O3. The van der Waals surface area contributed by atoms with Gasteiger partial charge in [0.2, 0.25) is 0 Å². The van der Waals surface area contributed by atoms with E-state index in [9.17, 15) is 14.0 Å². The van der Waals surface area contributed by atoms with E-state index in [4.69, 9.17) is 4.74 Å². The minimum absolute atomic E-state index is 0.0275. The number of para-hydroxylation sites is 1. The van der Waals surface area contributed by atoms with Gasteiger partial charge in [0.1, 0.15) is 0 Å². The summed E-state index contributed by atoms with van der Waals surface area (Å²) >= 11 is 0. The van der Waals surface area contributed by atoms with Crippen LogP contribution in [0.4, 0.5) is 4.39 Å². The Bertz CT molecular complexity index is 792. The zero-order chi connectivity index (χ0) is 20.5. The lowest BCUT2D eigenvalue weighted by atomic mass is 10.1. The Kier molecular flexibility index (Phi) is 7.95. The van der Waals surface area contributed by atoms with Crippen LogP contribution in [0.3, 0.4) is 0 Å². The van der Waals surface area contributed by atoms with Crippen LogP contribution in [0.2, 0.25) is 0 Å². The number of carbonyl (C=O) groups excluding carboxylic acids is 2. The number of amides is 2. The quantitative estimate of drug-likeness (QED) is 0.684. The first-order valence-corrected chi connectivity index (χ1v) is 9.27.